The van der Waals surface area contributed by atoms with Crippen molar-refractivity contribution in [3.8, 4) is 11.3 Å². The van der Waals surface area contributed by atoms with Crippen molar-refractivity contribution >= 4 is 11.9 Å². The minimum absolute atomic E-state index is 0.167. The van der Waals surface area contributed by atoms with Gasteiger partial charge in [0, 0.05) is 30.8 Å². The first-order valence-corrected chi connectivity index (χ1v) is 11.3. The van der Waals surface area contributed by atoms with E-state index in [1.54, 1.807) is 6.20 Å². The van der Waals surface area contributed by atoms with E-state index >= 15 is 0 Å². The van der Waals surface area contributed by atoms with Gasteiger partial charge in [-0.25, -0.2) is 9.97 Å². The third-order valence-electron chi connectivity index (χ3n) is 5.64. The molecule has 0 radical (unpaired) electrons. The number of nitrogens with one attached hydrogen (secondary N) is 2. The second kappa shape index (κ2) is 11.2. The highest BCUT2D eigenvalue weighted by Gasteiger charge is 2.20. The van der Waals surface area contributed by atoms with Crippen LogP contribution in [0.3, 0.4) is 0 Å². The van der Waals surface area contributed by atoms with Gasteiger partial charge in [0.2, 0.25) is 5.95 Å². The zero-order valence-corrected chi connectivity index (χ0v) is 19.1. The van der Waals surface area contributed by atoms with E-state index in [0.29, 0.717) is 30.3 Å². The highest BCUT2D eigenvalue weighted by atomic mass is 16.3. The molecule has 0 aliphatic heterocycles. The van der Waals surface area contributed by atoms with Crippen molar-refractivity contribution in [2.24, 2.45) is 5.92 Å². The summed E-state index contributed by atoms with van der Waals surface area (Å²) in [6.07, 6.45) is 0.881. The maximum Gasteiger partial charge on any atom is 0.255 e. The van der Waals surface area contributed by atoms with Crippen molar-refractivity contribution in [3.05, 3.63) is 114 Å². The van der Waals surface area contributed by atoms with Crippen LogP contribution in [0.2, 0.25) is 0 Å². The summed E-state index contributed by atoms with van der Waals surface area (Å²) in [6.45, 7) is 2.80. The minimum atomic E-state index is -0.670. The summed E-state index contributed by atoms with van der Waals surface area (Å²) in [5, 5.41) is 16.8. The third kappa shape index (κ3) is 5.85. The number of aliphatic hydroxyl groups excluding tert-OH is 1. The fourth-order valence-electron chi connectivity index (χ4n) is 3.67. The van der Waals surface area contributed by atoms with Crippen molar-refractivity contribution < 1.29 is 9.90 Å². The molecule has 2 unspecified atom stereocenters. The number of nitrogens with zero attached hydrogens (tertiary/aromatic N) is 2. The van der Waals surface area contributed by atoms with Crippen LogP contribution in [0, 0.1) is 5.92 Å². The van der Waals surface area contributed by atoms with E-state index in [1.807, 2.05) is 97.9 Å². The first kappa shape index (κ1) is 23.1. The predicted octanol–water partition coefficient (Wildman–Crippen LogP) is 4.86. The van der Waals surface area contributed by atoms with Crippen LogP contribution in [0.25, 0.3) is 11.3 Å². The highest BCUT2D eigenvalue weighted by molar-refractivity contribution is 5.99. The molecule has 0 aliphatic carbocycles. The van der Waals surface area contributed by atoms with Gasteiger partial charge in [0.05, 0.1) is 17.4 Å². The van der Waals surface area contributed by atoms with Crippen LogP contribution < -0.4 is 10.6 Å². The number of aromatic nitrogens is 2. The maximum atomic E-state index is 13.1. The lowest BCUT2D eigenvalue weighted by molar-refractivity contribution is 0.0896. The van der Waals surface area contributed by atoms with Gasteiger partial charge < -0.3 is 15.7 Å². The number of hydrogen-bond donors (Lipinski definition) is 3. The molecule has 1 amide bonds. The summed E-state index contributed by atoms with van der Waals surface area (Å²) in [6, 6.07) is 29.0. The Labute approximate surface area is 199 Å². The van der Waals surface area contributed by atoms with Crippen molar-refractivity contribution in [1.29, 1.82) is 0 Å². The molecule has 3 aromatic carbocycles. The molecule has 0 saturated heterocycles. The second-order valence-corrected chi connectivity index (χ2v) is 8.20. The molecule has 0 spiro atoms. The zero-order valence-electron chi connectivity index (χ0n) is 19.1. The molecule has 1 heterocycles. The fraction of sp³-hybridized carbons (Fsp3) is 0.179. The molecular weight excluding hydrogens is 424 g/mol. The standard InChI is InChI=1S/C28H28N4O2/c1-20(26(33)23-15-9-4-10-16-23)17-29-27(34)24-19-31-28(30-18-21-11-5-2-6-12-21)32-25(24)22-13-7-3-8-14-22/h2-16,19-20,26,33H,17-18H2,1H3,(H,29,34)(H,30,31,32). The summed E-state index contributed by atoms with van der Waals surface area (Å²) in [5.74, 6) is 0.00644. The molecule has 3 N–H and O–H groups in total. The average molecular weight is 453 g/mol. The molecule has 0 saturated carbocycles. The Balaban J connectivity index is 1.50. The smallest absolute Gasteiger partial charge is 0.255 e. The van der Waals surface area contributed by atoms with Gasteiger partial charge >= 0.3 is 0 Å². The normalized spacial score (nSPS) is 12.5. The lowest BCUT2D eigenvalue weighted by Gasteiger charge is -2.20. The number of aliphatic hydroxyl groups is 1. The maximum absolute atomic E-state index is 13.1. The van der Waals surface area contributed by atoms with Crippen LogP contribution in [-0.4, -0.2) is 27.5 Å². The highest BCUT2D eigenvalue weighted by Crippen LogP contribution is 2.24. The Bertz CT molecular complexity index is 1200. The monoisotopic (exact) mass is 452 g/mol. The van der Waals surface area contributed by atoms with Gasteiger partial charge in [0.25, 0.3) is 5.91 Å². The van der Waals surface area contributed by atoms with E-state index in [4.69, 9.17) is 0 Å². The van der Waals surface area contributed by atoms with Gasteiger partial charge in [-0.1, -0.05) is 97.9 Å². The Morgan fingerprint density at radius 2 is 1.53 bits per heavy atom. The van der Waals surface area contributed by atoms with E-state index in [2.05, 4.69) is 20.6 Å². The van der Waals surface area contributed by atoms with Gasteiger partial charge in [-0.05, 0) is 11.1 Å². The zero-order chi connectivity index (χ0) is 23.8. The van der Waals surface area contributed by atoms with E-state index < -0.39 is 6.10 Å². The molecule has 0 bridgehead atoms. The van der Waals surface area contributed by atoms with E-state index in [0.717, 1.165) is 16.7 Å². The number of benzene rings is 3. The molecule has 2 atom stereocenters. The lowest BCUT2D eigenvalue weighted by Crippen LogP contribution is -2.31. The molecule has 1 aromatic heterocycles. The van der Waals surface area contributed by atoms with Gasteiger partial charge in [-0.2, -0.15) is 0 Å². The van der Waals surface area contributed by atoms with Crippen LogP contribution in [0.4, 0.5) is 5.95 Å². The number of carbonyl (C=O) groups is 1. The summed E-state index contributed by atoms with van der Waals surface area (Å²) in [7, 11) is 0. The van der Waals surface area contributed by atoms with Gasteiger partial charge in [-0.15, -0.1) is 0 Å². The predicted molar refractivity (Wildman–Crippen MR) is 134 cm³/mol. The second-order valence-electron chi connectivity index (χ2n) is 8.20. The Morgan fingerprint density at radius 3 is 2.21 bits per heavy atom. The van der Waals surface area contributed by atoms with Crippen LogP contribution in [0.1, 0.15) is 34.5 Å². The van der Waals surface area contributed by atoms with Gasteiger partial charge in [0.1, 0.15) is 0 Å². The van der Waals surface area contributed by atoms with Gasteiger partial charge in [0.15, 0.2) is 0 Å². The van der Waals surface area contributed by atoms with Crippen LogP contribution >= 0.6 is 0 Å². The topological polar surface area (TPSA) is 87.1 Å². The molecular formula is C28H28N4O2. The van der Waals surface area contributed by atoms with Gasteiger partial charge in [-0.3, -0.25) is 4.79 Å². The summed E-state index contributed by atoms with van der Waals surface area (Å²) >= 11 is 0. The van der Waals surface area contributed by atoms with Crippen molar-refractivity contribution in [3.63, 3.8) is 0 Å². The SMILES string of the molecule is CC(CNC(=O)c1cnc(NCc2ccccc2)nc1-c1ccccc1)C(O)c1ccccc1. The summed E-state index contributed by atoms with van der Waals surface area (Å²) < 4.78 is 0. The summed E-state index contributed by atoms with van der Waals surface area (Å²) in [4.78, 5) is 22.1. The van der Waals surface area contributed by atoms with Crippen LogP contribution in [0.5, 0.6) is 0 Å². The Hall–Kier alpha value is -4.03. The van der Waals surface area contributed by atoms with Crippen molar-refractivity contribution in [2.75, 3.05) is 11.9 Å². The van der Waals surface area contributed by atoms with Crippen LogP contribution in [0.15, 0.2) is 97.2 Å². The van der Waals surface area contributed by atoms with E-state index in [9.17, 15) is 9.90 Å². The van der Waals surface area contributed by atoms with E-state index in [1.165, 1.54) is 0 Å². The minimum Gasteiger partial charge on any atom is -0.388 e. The fourth-order valence-corrected chi connectivity index (χ4v) is 3.67. The van der Waals surface area contributed by atoms with Crippen LogP contribution in [-0.2, 0) is 6.54 Å². The molecule has 4 aromatic rings. The number of anilines is 1. The Morgan fingerprint density at radius 1 is 0.912 bits per heavy atom. The number of amides is 1. The number of hydrogen-bond acceptors (Lipinski definition) is 5. The first-order valence-electron chi connectivity index (χ1n) is 11.3. The first-order chi connectivity index (χ1) is 16.6. The largest absolute Gasteiger partial charge is 0.388 e. The summed E-state index contributed by atoms with van der Waals surface area (Å²) in [5.41, 5.74) is 3.71. The molecule has 34 heavy (non-hydrogen) atoms. The number of rotatable bonds is 9. The average Bonchev–Trinajstić information content (AvgIpc) is 2.91. The molecule has 6 heteroatoms. The van der Waals surface area contributed by atoms with E-state index in [-0.39, 0.29) is 11.8 Å². The van der Waals surface area contributed by atoms with Crippen molar-refractivity contribution in [2.45, 2.75) is 19.6 Å². The molecule has 172 valence electrons. The van der Waals surface area contributed by atoms with Crippen molar-refractivity contribution in [1.82, 2.24) is 15.3 Å². The number of carbonyl (C=O) groups excluding carboxylic acids is 1. The molecule has 0 fully saturated rings. The lowest BCUT2D eigenvalue weighted by atomic mass is 9.97. The molecule has 4 rings (SSSR count). The quantitative estimate of drug-likeness (QED) is 0.338. The Kier molecular flexibility index (Phi) is 7.63. The molecule has 6 nitrogen and oxygen atoms in total. The third-order valence-corrected chi connectivity index (χ3v) is 5.64. The molecule has 0 aliphatic rings.